The minimum atomic E-state index is 0.723. The maximum Gasteiger partial charge on any atom is 0.0429 e. The highest BCUT2D eigenvalue weighted by Crippen LogP contribution is 2.21. The first-order valence-corrected chi connectivity index (χ1v) is 3.68. The molecule has 0 amide bonds. The Labute approximate surface area is 72.9 Å². The highest BCUT2D eigenvalue weighted by Gasteiger charge is 2.02. The average Bonchev–Trinajstić information content (AvgIpc) is 2.09. The topological polar surface area (TPSA) is 26.0 Å². The van der Waals surface area contributed by atoms with Crippen molar-refractivity contribution in [2.75, 3.05) is 5.73 Å². The molecule has 0 aromatic heterocycles. The summed E-state index contributed by atoms with van der Waals surface area (Å²) in [4.78, 5) is 0. The molecular formula is C11H11N. The van der Waals surface area contributed by atoms with Crippen LogP contribution in [0.2, 0.25) is 0 Å². The van der Waals surface area contributed by atoms with Gasteiger partial charge in [-0.3, -0.25) is 0 Å². The second-order valence-corrected chi connectivity index (χ2v) is 2.61. The summed E-state index contributed by atoms with van der Waals surface area (Å²) in [5.74, 6) is 2.56. The second kappa shape index (κ2) is 3.15. The normalized spacial score (nSPS) is 9.00. The molecule has 0 radical (unpaired) electrons. The molecule has 1 rings (SSSR count). The predicted octanol–water partition coefficient (Wildman–Crippen LogP) is 2.20. The number of anilines is 1. The van der Waals surface area contributed by atoms with Gasteiger partial charge in [-0.25, -0.2) is 0 Å². The van der Waals surface area contributed by atoms with Crippen LogP contribution in [0, 0.1) is 19.3 Å². The average molecular weight is 157 g/mol. The molecule has 1 heteroatoms. The largest absolute Gasteiger partial charge is 0.398 e. The summed E-state index contributed by atoms with van der Waals surface area (Å²) >= 11 is 0. The number of rotatable bonds is 1. The van der Waals surface area contributed by atoms with Crippen LogP contribution in [0.25, 0.3) is 6.08 Å². The molecule has 0 saturated heterocycles. The van der Waals surface area contributed by atoms with Crippen molar-refractivity contribution < 1.29 is 0 Å². The molecule has 60 valence electrons. The summed E-state index contributed by atoms with van der Waals surface area (Å²) in [6, 6.07) is 3.79. The highest BCUT2D eigenvalue weighted by atomic mass is 14.6. The van der Waals surface area contributed by atoms with E-state index in [0.717, 1.165) is 22.4 Å². The first kappa shape index (κ1) is 8.42. The van der Waals surface area contributed by atoms with Gasteiger partial charge in [0.25, 0.3) is 0 Å². The Balaban J connectivity index is 3.48. The number of benzene rings is 1. The van der Waals surface area contributed by atoms with Crippen molar-refractivity contribution >= 4 is 11.8 Å². The Bertz CT molecular complexity index is 356. The third kappa shape index (κ3) is 1.19. The zero-order chi connectivity index (χ0) is 9.14. The van der Waals surface area contributed by atoms with Gasteiger partial charge in [0.05, 0.1) is 0 Å². The van der Waals surface area contributed by atoms with Crippen molar-refractivity contribution in [2.45, 2.75) is 6.92 Å². The Morgan fingerprint density at radius 2 is 2.25 bits per heavy atom. The zero-order valence-corrected chi connectivity index (χ0v) is 7.09. The van der Waals surface area contributed by atoms with Gasteiger partial charge in [-0.15, -0.1) is 6.42 Å². The van der Waals surface area contributed by atoms with Crippen LogP contribution in [0.4, 0.5) is 5.69 Å². The lowest BCUT2D eigenvalue weighted by Crippen LogP contribution is -1.95. The summed E-state index contributed by atoms with van der Waals surface area (Å²) in [6.45, 7) is 5.61. The maximum atomic E-state index is 5.80. The van der Waals surface area contributed by atoms with Crippen LogP contribution in [-0.4, -0.2) is 0 Å². The summed E-state index contributed by atoms with van der Waals surface area (Å²) < 4.78 is 0. The molecule has 0 spiro atoms. The van der Waals surface area contributed by atoms with Gasteiger partial charge in [0.1, 0.15) is 0 Å². The molecule has 12 heavy (non-hydrogen) atoms. The monoisotopic (exact) mass is 157 g/mol. The van der Waals surface area contributed by atoms with E-state index in [1.54, 1.807) is 6.08 Å². The summed E-state index contributed by atoms with van der Waals surface area (Å²) in [5.41, 5.74) is 9.21. The molecule has 0 atom stereocenters. The third-order valence-corrected chi connectivity index (χ3v) is 1.86. The summed E-state index contributed by atoms with van der Waals surface area (Å²) in [5, 5.41) is 0. The molecule has 0 fully saturated rings. The van der Waals surface area contributed by atoms with Crippen LogP contribution in [0.1, 0.15) is 16.7 Å². The number of aryl methyl sites for hydroxylation is 1. The zero-order valence-electron chi connectivity index (χ0n) is 7.09. The minimum absolute atomic E-state index is 0.723. The van der Waals surface area contributed by atoms with Crippen molar-refractivity contribution in [3.8, 4) is 12.3 Å². The number of terminal acetylenes is 1. The second-order valence-electron chi connectivity index (χ2n) is 2.61. The molecular weight excluding hydrogens is 146 g/mol. The number of hydrogen-bond acceptors (Lipinski definition) is 1. The quantitative estimate of drug-likeness (QED) is 0.491. The molecule has 0 bridgehead atoms. The van der Waals surface area contributed by atoms with Crippen molar-refractivity contribution in [1.82, 2.24) is 0 Å². The van der Waals surface area contributed by atoms with Crippen molar-refractivity contribution in [2.24, 2.45) is 0 Å². The summed E-state index contributed by atoms with van der Waals surface area (Å²) in [6.07, 6.45) is 6.98. The first-order valence-electron chi connectivity index (χ1n) is 3.68. The third-order valence-electron chi connectivity index (χ3n) is 1.86. The van der Waals surface area contributed by atoms with E-state index in [9.17, 15) is 0 Å². The molecule has 0 unspecified atom stereocenters. The van der Waals surface area contributed by atoms with Gasteiger partial charge in [0, 0.05) is 16.8 Å². The van der Waals surface area contributed by atoms with E-state index in [1.165, 1.54) is 0 Å². The van der Waals surface area contributed by atoms with Crippen LogP contribution in [0.5, 0.6) is 0 Å². The molecule has 0 aliphatic rings. The first-order chi connectivity index (χ1) is 5.70. The van der Waals surface area contributed by atoms with E-state index in [0.29, 0.717) is 0 Å². The Morgan fingerprint density at radius 1 is 1.58 bits per heavy atom. The number of nitrogen functional groups attached to an aromatic ring is 1. The van der Waals surface area contributed by atoms with E-state index in [4.69, 9.17) is 12.2 Å². The Morgan fingerprint density at radius 3 is 2.75 bits per heavy atom. The van der Waals surface area contributed by atoms with E-state index < -0.39 is 0 Å². The molecule has 1 nitrogen and oxygen atoms in total. The maximum absolute atomic E-state index is 5.80. The SMILES string of the molecule is C#Cc1ccc(C)c(N)c1C=C. The molecule has 0 heterocycles. The highest BCUT2D eigenvalue weighted by molar-refractivity contribution is 5.72. The molecule has 2 N–H and O–H groups in total. The van der Waals surface area contributed by atoms with Crippen LogP contribution in [-0.2, 0) is 0 Å². The predicted molar refractivity (Wildman–Crippen MR) is 53.6 cm³/mol. The number of hydrogen-bond donors (Lipinski definition) is 1. The Kier molecular flexibility index (Phi) is 2.21. The van der Waals surface area contributed by atoms with Crippen LogP contribution >= 0.6 is 0 Å². The van der Waals surface area contributed by atoms with Gasteiger partial charge in [-0.2, -0.15) is 0 Å². The molecule has 0 saturated carbocycles. The number of nitrogens with two attached hydrogens (primary N) is 1. The minimum Gasteiger partial charge on any atom is -0.398 e. The molecule has 1 aromatic rings. The van der Waals surface area contributed by atoms with Crippen molar-refractivity contribution in [3.05, 3.63) is 35.4 Å². The fourth-order valence-electron chi connectivity index (χ4n) is 1.09. The lowest BCUT2D eigenvalue weighted by atomic mass is 10.0. The van der Waals surface area contributed by atoms with Gasteiger partial charge in [0.2, 0.25) is 0 Å². The fraction of sp³-hybridized carbons (Fsp3) is 0.0909. The molecule has 1 aromatic carbocycles. The van der Waals surface area contributed by atoms with Crippen molar-refractivity contribution in [1.29, 1.82) is 0 Å². The van der Waals surface area contributed by atoms with E-state index in [2.05, 4.69) is 12.5 Å². The van der Waals surface area contributed by atoms with Crippen LogP contribution in [0.15, 0.2) is 18.7 Å². The lowest BCUT2D eigenvalue weighted by Gasteiger charge is -2.06. The van der Waals surface area contributed by atoms with Gasteiger partial charge in [-0.05, 0) is 18.6 Å². The van der Waals surface area contributed by atoms with Gasteiger partial charge in [-0.1, -0.05) is 24.6 Å². The van der Waals surface area contributed by atoms with Gasteiger partial charge >= 0.3 is 0 Å². The van der Waals surface area contributed by atoms with Gasteiger partial charge in [0.15, 0.2) is 0 Å². The van der Waals surface area contributed by atoms with Crippen LogP contribution in [0.3, 0.4) is 0 Å². The standard InChI is InChI=1S/C11H11N/c1-4-9-7-6-8(3)11(12)10(9)5-2/h1,5-7H,2,12H2,3H3. The van der Waals surface area contributed by atoms with Crippen LogP contribution < -0.4 is 5.73 Å². The van der Waals surface area contributed by atoms with E-state index >= 15 is 0 Å². The lowest BCUT2D eigenvalue weighted by molar-refractivity contribution is 1.44. The molecule has 0 aliphatic carbocycles. The smallest absolute Gasteiger partial charge is 0.0429 e. The Hall–Kier alpha value is -1.68. The van der Waals surface area contributed by atoms with E-state index in [1.807, 2.05) is 19.1 Å². The van der Waals surface area contributed by atoms with Gasteiger partial charge < -0.3 is 5.73 Å². The van der Waals surface area contributed by atoms with Crippen molar-refractivity contribution in [3.63, 3.8) is 0 Å². The summed E-state index contributed by atoms with van der Waals surface area (Å²) in [7, 11) is 0. The van der Waals surface area contributed by atoms with E-state index in [-0.39, 0.29) is 0 Å². The molecule has 0 aliphatic heterocycles. The fourth-order valence-corrected chi connectivity index (χ4v) is 1.09.